The minimum absolute atomic E-state index is 0.00585. The van der Waals surface area contributed by atoms with Crippen molar-refractivity contribution < 1.29 is 9.21 Å². The Balaban J connectivity index is 2.01. The molecule has 1 aliphatic rings. The molecule has 0 N–H and O–H groups in total. The number of nitrogens with zero attached hydrogens (tertiary/aromatic N) is 1. The summed E-state index contributed by atoms with van der Waals surface area (Å²) < 4.78 is 5.81. The summed E-state index contributed by atoms with van der Waals surface area (Å²) in [6, 6.07) is 5.95. The predicted octanol–water partition coefficient (Wildman–Crippen LogP) is 4.80. The second-order valence-electron chi connectivity index (χ2n) is 5.73. The van der Waals surface area contributed by atoms with Crippen LogP contribution in [0.25, 0.3) is 11.0 Å². The molecule has 0 bridgehead atoms. The van der Waals surface area contributed by atoms with Gasteiger partial charge in [-0.3, -0.25) is 4.79 Å². The molecule has 1 atom stereocenters. The van der Waals surface area contributed by atoms with Crippen LogP contribution in [0.4, 0.5) is 0 Å². The zero-order chi connectivity index (χ0) is 15.0. The van der Waals surface area contributed by atoms with E-state index >= 15 is 0 Å². The lowest BCUT2D eigenvalue weighted by atomic mass is 9.99. The highest BCUT2D eigenvalue weighted by Gasteiger charge is 2.30. The number of benzene rings is 1. The first-order valence-corrected chi connectivity index (χ1v) is 7.99. The van der Waals surface area contributed by atoms with Gasteiger partial charge in [-0.1, -0.05) is 30.7 Å². The fourth-order valence-electron chi connectivity index (χ4n) is 3.24. The first-order chi connectivity index (χ1) is 10.1. The molecule has 112 valence electrons. The van der Waals surface area contributed by atoms with Crippen molar-refractivity contribution in [1.82, 2.24) is 4.90 Å². The standard InChI is InChI=1S/C17H20ClNO2/c1-3-12-7-4-5-10-19(12)17(20)15-11(2)13-8-6-9-14(18)16(13)21-15/h6,8-9,12H,3-5,7,10H2,1-2H3. The van der Waals surface area contributed by atoms with Crippen LogP contribution in [0.15, 0.2) is 22.6 Å². The van der Waals surface area contributed by atoms with Crippen molar-refractivity contribution >= 4 is 28.5 Å². The molecule has 4 heteroatoms. The summed E-state index contributed by atoms with van der Waals surface area (Å²) in [4.78, 5) is 14.8. The first-order valence-electron chi connectivity index (χ1n) is 7.62. The first kappa shape index (κ1) is 14.5. The van der Waals surface area contributed by atoms with Crippen LogP contribution in [0.2, 0.25) is 5.02 Å². The highest BCUT2D eigenvalue weighted by atomic mass is 35.5. The van der Waals surface area contributed by atoms with E-state index in [1.54, 1.807) is 6.07 Å². The SMILES string of the molecule is CCC1CCCCN1C(=O)c1oc2c(Cl)cccc2c1C. The van der Waals surface area contributed by atoms with Gasteiger partial charge in [-0.05, 0) is 38.7 Å². The van der Waals surface area contributed by atoms with E-state index in [9.17, 15) is 4.79 Å². The number of halogens is 1. The van der Waals surface area contributed by atoms with Gasteiger partial charge in [0.05, 0.1) is 5.02 Å². The smallest absolute Gasteiger partial charge is 0.290 e. The molecule has 2 heterocycles. The van der Waals surface area contributed by atoms with Crippen molar-refractivity contribution in [2.75, 3.05) is 6.54 Å². The van der Waals surface area contributed by atoms with Gasteiger partial charge in [-0.15, -0.1) is 0 Å². The number of furan rings is 1. The van der Waals surface area contributed by atoms with Crippen molar-refractivity contribution in [1.29, 1.82) is 0 Å². The Bertz CT molecular complexity index is 677. The van der Waals surface area contributed by atoms with E-state index in [1.807, 2.05) is 24.0 Å². The maximum absolute atomic E-state index is 12.9. The van der Waals surface area contributed by atoms with Crippen molar-refractivity contribution in [2.24, 2.45) is 0 Å². The quantitative estimate of drug-likeness (QED) is 0.798. The van der Waals surface area contributed by atoms with Gasteiger partial charge in [-0.2, -0.15) is 0 Å². The molecule has 21 heavy (non-hydrogen) atoms. The van der Waals surface area contributed by atoms with Crippen LogP contribution in [-0.4, -0.2) is 23.4 Å². The van der Waals surface area contributed by atoms with Crippen LogP contribution >= 0.6 is 11.6 Å². The van der Waals surface area contributed by atoms with Gasteiger partial charge in [-0.25, -0.2) is 0 Å². The monoisotopic (exact) mass is 305 g/mol. The van der Waals surface area contributed by atoms with E-state index in [1.165, 1.54) is 6.42 Å². The summed E-state index contributed by atoms with van der Waals surface area (Å²) in [6.45, 7) is 4.89. The van der Waals surface area contributed by atoms with Gasteiger partial charge in [0.2, 0.25) is 0 Å². The number of carbonyl (C=O) groups excluding carboxylic acids is 1. The maximum Gasteiger partial charge on any atom is 0.290 e. The highest BCUT2D eigenvalue weighted by molar-refractivity contribution is 6.35. The Hall–Kier alpha value is -1.48. The molecular weight excluding hydrogens is 286 g/mol. The van der Waals surface area contributed by atoms with Gasteiger partial charge in [0.15, 0.2) is 11.3 Å². The zero-order valence-corrected chi connectivity index (χ0v) is 13.2. The molecule has 1 saturated heterocycles. The molecule has 1 aliphatic heterocycles. The van der Waals surface area contributed by atoms with Crippen LogP contribution in [0.3, 0.4) is 0 Å². The third kappa shape index (κ3) is 2.44. The molecule has 0 aliphatic carbocycles. The molecule has 1 aromatic carbocycles. The topological polar surface area (TPSA) is 33.5 Å². The van der Waals surface area contributed by atoms with Crippen molar-refractivity contribution in [3.05, 3.63) is 34.5 Å². The Morgan fingerprint density at radius 1 is 1.43 bits per heavy atom. The Morgan fingerprint density at radius 3 is 2.95 bits per heavy atom. The van der Waals surface area contributed by atoms with E-state index < -0.39 is 0 Å². The number of likely N-dealkylation sites (tertiary alicyclic amines) is 1. The zero-order valence-electron chi connectivity index (χ0n) is 12.5. The fourth-order valence-corrected chi connectivity index (χ4v) is 3.45. The Kier molecular flexibility index (Phi) is 3.94. The summed E-state index contributed by atoms with van der Waals surface area (Å²) in [7, 11) is 0. The van der Waals surface area contributed by atoms with Gasteiger partial charge < -0.3 is 9.32 Å². The second-order valence-corrected chi connectivity index (χ2v) is 6.14. The lowest BCUT2D eigenvalue weighted by Crippen LogP contribution is -2.43. The van der Waals surface area contributed by atoms with Gasteiger partial charge in [0, 0.05) is 23.5 Å². The molecular formula is C17H20ClNO2. The lowest BCUT2D eigenvalue weighted by molar-refractivity contribution is 0.0577. The van der Waals surface area contributed by atoms with Crippen LogP contribution < -0.4 is 0 Å². The highest BCUT2D eigenvalue weighted by Crippen LogP contribution is 2.32. The average molecular weight is 306 g/mol. The van der Waals surface area contributed by atoms with Crippen molar-refractivity contribution in [3.8, 4) is 0 Å². The average Bonchev–Trinajstić information content (AvgIpc) is 2.85. The van der Waals surface area contributed by atoms with Crippen molar-refractivity contribution in [3.63, 3.8) is 0 Å². The van der Waals surface area contributed by atoms with E-state index in [4.69, 9.17) is 16.0 Å². The molecule has 1 fully saturated rings. The summed E-state index contributed by atoms with van der Waals surface area (Å²) in [5.41, 5.74) is 1.50. The fraction of sp³-hybridized carbons (Fsp3) is 0.471. The number of rotatable bonds is 2. The number of hydrogen-bond donors (Lipinski definition) is 0. The number of fused-ring (bicyclic) bond motifs is 1. The number of para-hydroxylation sites is 1. The van der Waals surface area contributed by atoms with E-state index in [2.05, 4.69) is 6.92 Å². The number of amides is 1. The number of piperidine rings is 1. The second kappa shape index (κ2) is 5.72. The third-order valence-corrected chi connectivity index (χ3v) is 4.77. The molecule has 0 radical (unpaired) electrons. The summed E-state index contributed by atoms with van der Waals surface area (Å²) in [5, 5.41) is 1.48. The van der Waals surface area contributed by atoms with Gasteiger partial charge >= 0.3 is 0 Å². The third-order valence-electron chi connectivity index (χ3n) is 4.47. The molecule has 1 aromatic heterocycles. The molecule has 0 saturated carbocycles. The van der Waals surface area contributed by atoms with Crippen LogP contribution in [0.1, 0.15) is 48.7 Å². The van der Waals surface area contributed by atoms with Gasteiger partial charge in [0.1, 0.15) is 0 Å². The lowest BCUT2D eigenvalue weighted by Gasteiger charge is -2.34. The summed E-state index contributed by atoms with van der Waals surface area (Å²) in [5.74, 6) is 0.449. The van der Waals surface area contributed by atoms with E-state index in [-0.39, 0.29) is 5.91 Å². The predicted molar refractivity (Wildman–Crippen MR) is 84.9 cm³/mol. The van der Waals surface area contributed by atoms with Crippen LogP contribution in [0, 0.1) is 6.92 Å². The largest absolute Gasteiger partial charge is 0.449 e. The summed E-state index contributed by atoms with van der Waals surface area (Å²) >= 11 is 6.17. The van der Waals surface area contributed by atoms with Crippen LogP contribution in [0.5, 0.6) is 0 Å². The van der Waals surface area contributed by atoms with E-state index in [0.29, 0.717) is 22.4 Å². The molecule has 1 amide bonds. The molecule has 1 unspecified atom stereocenters. The minimum Gasteiger partial charge on any atom is -0.449 e. The number of carbonyl (C=O) groups is 1. The maximum atomic E-state index is 12.9. The number of hydrogen-bond acceptors (Lipinski definition) is 2. The van der Waals surface area contributed by atoms with Crippen LogP contribution in [-0.2, 0) is 0 Å². The van der Waals surface area contributed by atoms with E-state index in [0.717, 1.165) is 36.8 Å². The number of aryl methyl sites for hydroxylation is 1. The Morgan fingerprint density at radius 2 is 2.24 bits per heavy atom. The molecule has 0 spiro atoms. The minimum atomic E-state index is 0.00585. The molecule has 3 nitrogen and oxygen atoms in total. The molecule has 2 aromatic rings. The van der Waals surface area contributed by atoms with Crippen molar-refractivity contribution in [2.45, 2.75) is 45.6 Å². The molecule has 3 rings (SSSR count). The normalized spacial score (nSPS) is 19.2. The Labute approximate surface area is 129 Å². The summed E-state index contributed by atoms with van der Waals surface area (Å²) in [6.07, 6.45) is 4.35. The van der Waals surface area contributed by atoms with Gasteiger partial charge in [0.25, 0.3) is 5.91 Å².